The maximum absolute atomic E-state index is 11.3. The molecule has 0 aliphatic heterocycles. The molecule has 0 aliphatic rings. The Hall–Kier alpha value is -3.15. The Balaban J connectivity index is 1.96. The highest BCUT2D eigenvalue weighted by Gasteiger charge is 2.04. The van der Waals surface area contributed by atoms with E-state index in [2.05, 4.69) is 19.8 Å². The molecule has 0 radical (unpaired) electrons. The predicted octanol–water partition coefficient (Wildman–Crippen LogP) is 3.03. The third-order valence-corrected chi connectivity index (χ3v) is 3.04. The predicted molar refractivity (Wildman–Crippen MR) is 87.3 cm³/mol. The molecule has 0 bridgehead atoms. The summed E-state index contributed by atoms with van der Waals surface area (Å²) < 4.78 is 9.26. The highest BCUT2D eigenvalue weighted by Crippen LogP contribution is 2.14. The van der Waals surface area contributed by atoms with Crippen molar-refractivity contribution in [1.82, 2.24) is 0 Å². The molecule has 0 saturated carbocycles. The van der Waals surface area contributed by atoms with Crippen molar-refractivity contribution in [2.75, 3.05) is 19.5 Å². The second-order valence-corrected chi connectivity index (χ2v) is 4.51. The number of carbonyl (C=O) groups is 2. The van der Waals surface area contributed by atoms with Gasteiger partial charge in [-0.05, 0) is 48.5 Å². The molecule has 0 heterocycles. The van der Waals surface area contributed by atoms with Gasteiger partial charge in [-0.2, -0.15) is 0 Å². The Morgan fingerprint density at radius 1 is 0.870 bits per heavy atom. The number of carbonyl (C=O) groups excluding carboxylic acids is 2. The van der Waals surface area contributed by atoms with Crippen LogP contribution >= 0.6 is 0 Å². The zero-order valence-electron chi connectivity index (χ0n) is 12.8. The maximum atomic E-state index is 11.3. The number of esters is 2. The van der Waals surface area contributed by atoms with Gasteiger partial charge in [-0.3, -0.25) is 0 Å². The molecule has 118 valence electrons. The summed E-state index contributed by atoms with van der Waals surface area (Å²) in [6.45, 7) is 0. The maximum Gasteiger partial charge on any atom is 0.337 e. The molecular formula is C17H16N2O4. The summed E-state index contributed by atoms with van der Waals surface area (Å²) in [5, 5.41) is 2.99. The van der Waals surface area contributed by atoms with Crippen LogP contribution in [0.3, 0.4) is 0 Å². The van der Waals surface area contributed by atoms with Crippen LogP contribution in [-0.2, 0) is 9.47 Å². The molecule has 0 aromatic heterocycles. The minimum absolute atomic E-state index is 0.379. The summed E-state index contributed by atoms with van der Waals surface area (Å²) in [5.74, 6) is -0.764. The van der Waals surface area contributed by atoms with Gasteiger partial charge in [0, 0.05) is 5.69 Å². The Bertz CT molecular complexity index is 706. The van der Waals surface area contributed by atoms with E-state index in [0.29, 0.717) is 16.8 Å². The number of hydrogen-bond acceptors (Lipinski definition) is 5. The number of rotatable bonds is 5. The van der Waals surface area contributed by atoms with Gasteiger partial charge in [0.05, 0.1) is 37.4 Å². The van der Waals surface area contributed by atoms with E-state index < -0.39 is 0 Å². The molecule has 0 spiro atoms. The number of hydrogen-bond donors (Lipinski definition) is 1. The molecule has 0 saturated heterocycles. The lowest BCUT2D eigenvalue weighted by Gasteiger charge is -2.02. The summed E-state index contributed by atoms with van der Waals surface area (Å²) in [7, 11) is 2.68. The van der Waals surface area contributed by atoms with E-state index in [1.54, 1.807) is 48.5 Å². The summed E-state index contributed by atoms with van der Waals surface area (Å²) in [6.07, 6.45) is 1.53. The number of anilines is 1. The lowest BCUT2D eigenvalue weighted by Crippen LogP contribution is -2.01. The van der Waals surface area contributed by atoms with E-state index in [9.17, 15) is 9.59 Å². The van der Waals surface area contributed by atoms with Gasteiger partial charge in [-0.25, -0.2) is 14.6 Å². The topological polar surface area (TPSA) is 77.0 Å². The smallest absolute Gasteiger partial charge is 0.337 e. The average Bonchev–Trinajstić information content (AvgIpc) is 2.61. The quantitative estimate of drug-likeness (QED) is 0.521. The van der Waals surface area contributed by atoms with Crippen molar-refractivity contribution in [1.29, 1.82) is 0 Å². The molecule has 0 aliphatic carbocycles. The number of nitrogens with zero attached hydrogens (tertiary/aromatic N) is 1. The summed E-state index contributed by atoms with van der Waals surface area (Å²) in [6, 6.07) is 13.5. The first-order valence-corrected chi connectivity index (χ1v) is 6.80. The Labute approximate surface area is 133 Å². The molecule has 2 rings (SSSR count). The molecule has 6 heteroatoms. The standard InChI is InChI=1S/C17H16N2O4/c1-22-16(20)12-3-7-14(8-4-12)18-11-19-15-9-5-13(6-10-15)17(21)23-2/h3-11H,1-2H3,(H,18,19). The molecule has 2 aromatic carbocycles. The van der Waals surface area contributed by atoms with E-state index in [1.165, 1.54) is 20.6 Å². The first-order chi connectivity index (χ1) is 11.1. The van der Waals surface area contributed by atoms with E-state index in [4.69, 9.17) is 0 Å². The van der Waals surface area contributed by atoms with Crippen molar-refractivity contribution >= 4 is 29.7 Å². The number of ether oxygens (including phenoxy) is 2. The molecule has 0 fully saturated rings. The van der Waals surface area contributed by atoms with Crippen LogP contribution < -0.4 is 5.32 Å². The van der Waals surface area contributed by atoms with Crippen molar-refractivity contribution in [2.45, 2.75) is 0 Å². The summed E-state index contributed by atoms with van der Waals surface area (Å²) in [4.78, 5) is 26.9. The van der Waals surface area contributed by atoms with Crippen LogP contribution in [0.15, 0.2) is 53.5 Å². The van der Waals surface area contributed by atoms with E-state index in [-0.39, 0.29) is 11.9 Å². The fraction of sp³-hybridized carbons (Fsp3) is 0.118. The van der Waals surface area contributed by atoms with Crippen LogP contribution in [0.5, 0.6) is 0 Å². The van der Waals surface area contributed by atoms with Crippen molar-refractivity contribution in [3.05, 3.63) is 59.7 Å². The van der Waals surface area contributed by atoms with Gasteiger partial charge in [-0.15, -0.1) is 0 Å². The molecule has 23 heavy (non-hydrogen) atoms. The molecule has 2 aromatic rings. The van der Waals surface area contributed by atoms with Gasteiger partial charge < -0.3 is 14.8 Å². The van der Waals surface area contributed by atoms with Gasteiger partial charge in [0.25, 0.3) is 0 Å². The van der Waals surface area contributed by atoms with Crippen LogP contribution in [0.1, 0.15) is 20.7 Å². The summed E-state index contributed by atoms with van der Waals surface area (Å²) >= 11 is 0. The second-order valence-electron chi connectivity index (χ2n) is 4.51. The van der Waals surface area contributed by atoms with Gasteiger partial charge in [-0.1, -0.05) is 0 Å². The molecular weight excluding hydrogens is 296 g/mol. The van der Waals surface area contributed by atoms with E-state index in [0.717, 1.165) is 5.69 Å². The van der Waals surface area contributed by atoms with Gasteiger partial charge >= 0.3 is 11.9 Å². The third kappa shape index (κ3) is 4.41. The monoisotopic (exact) mass is 312 g/mol. The van der Waals surface area contributed by atoms with Crippen molar-refractivity contribution in [2.24, 2.45) is 4.99 Å². The number of methoxy groups -OCH3 is 2. The first kappa shape index (κ1) is 16.2. The first-order valence-electron chi connectivity index (χ1n) is 6.80. The second kappa shape index (κ2) is 7.74. The zero-order valence-corrected chi connectivity index (χ0v) is 12.8. The highest BCUT2D eigenvalue weighted by molar-refractivity contribution is 5.90. The van der Waals surface area contributed by atoms with Crippen molar-refractivity contribution in [3.8, 4) is 0 Å². The van der Waals surface area contributed by atoms with Gasteiger partial charge in [0.2, 0.25) is 0 Å². The largest absolute Gasteiger partial charge is 0.465 e. The number of benzene rings is 2. The minimum atomic E-state index is -0.385. The van der Waals surface area contributed by atoms with Crippen LogP contribution in [0.4, 0.5) is 11.4 Å². The van der Waals surface area contributed by atoms with Gasteiger partial charge in [0.1, 0.15) is 0 Å². The SMILES string of the molecule is COC(=O)c1ccc(N=CNc2ccc(C(=O)OC)cc2)cc1. The summed E-state index contributed by atoms with van der Waals surface area (Å²) in [5.41, 5.74) is 2.43. The zero-order chi connectivity index (χ0) is 16.7. The number of nitrogens with one attached hydrogen (secondary N) is 1. The van der Waals surface area contributed by atoms with Crippen LogP contribution in [0.2, 0.25) is 0 Å². The van der Waals surface area contributed by atoms with E-state index >= 15 is 0 Å². The van der Waals surface area contributed by atoms with Gasteiger partial charge in [0.15, 0.2) is 0 Å². The Morgan fingerprint density at radius 2 is 1.35 bits per heavy atom. The molecule has 0 unspecified atom stereocenters. The van der Waals surface area contributed by atoms with Crippen molar-refractivity contribution in [3.63, 3.8) is 0 Å². The fourth-order valence-corrected chi connectivity index (χ4v) is 1.80. The normalized spacial score (nSPS) is 10.3. The minimum Gasteiger partial charge on any atom is -0.465 e. The van der Waals surface area contributed by atoms with Crippen molar-refractivity contribution < 1.29 is 19.1 Å². The van der Waals surface area contributed by atoms with Crippen LogP contribution in [0.25, 0.3) is 0 Å². The Kier molecular flexibility index (Phi) is 5.46. The fourth-order valence-electron chi connectivity index (χ4n) is 1.80. The average molecular weight is 312 g/mol. The lowest BCUT2D eigenvalue weighted by atomic mass is 10.2. The Morgan fingerprint density at radius 3 is 1.83 bits per heavy atom. The molecule has 1 N–H and O–H groups in total. The lowest BCUT2D eigenvalue weighted by molar-refractivity contribution is 0.0592. The van der Waals surface area contributed by atoms with E-state index in [1.807, 2.05) is 0 Å². The number of aliphatic imine (C=N–C) groups is 1. The molecule has 0 atom stereocenters. The molecule has 0 amide bonds. The van der Waals surface area contributed by atoms with Crippen LogP contribution in [-0.4, -0.2) is 32.5 Å². The molecule has 6 nitrogen and oxygen atoms in total. The highest BCUT2D eigenvalue weighted by atomic mass is 16.5. The van der Waals surface area contributed by atoms with Crippen LogP contribution in [0, 0.1) is 0 Å². The third-order valence-electron chi connectivity index (χ3n) is 3.04.